The summed E-state index contributed by atoms with van der Waals surface area (Å²) in [6.45, 7) is 10.5. The number of rotatable bonds is 5. The molecule has 2 rings (SSSR count). The number of hydrogen-bond donors (Lipinski definition) is 1. The van der Waals surface area contributed by atoms with Crippen LogP contribution in [0.3, 0.4) is 0 Å². The van der Waals surface area contributed by atoms with E-state index in [1.54, 1.807) is 0 Å². The number of nitrogens with one attached hydrogen (secondary N) is 1. The molecule has 0 bridgehead atoms. The Bertz CT molecular complexity index is 558. The molecule has 19 heavy (non-hydrogen) atoms. The van der Waals surface area contributed by atoms with E-state index in [0.29, 0.717) is 0 Å². The molecular weight excluding hydrogens is 252 g/mol. The number of nitrogens with zero attached hydrogens (tertiary/aromatic N) is 1. The van der Waals surface area contributed by atoms with E-state index in [2.05, 4.69) is 56.2 Å². The Balaban J connectivity index is 2.12. The highest BCUT2D eigenvalue weighted by Gasteiger charge is 2.08. The minimum Gasteiger partial charge on any atom is -0.312 e. The normalized spacial score (nSPS) is 10.9. The van der Waals surface area contributed by atoms with Gasteiger partial charge in [-0.25, -0.2) is 4.98 Å². The minimum absolute atomic E-state index is 0.937. The molecule has 102 valence electrons. The maximum Gasteiger partial charge on any atom is 0.0975 e. The van der Waals surface area contributed by atoms with Gasteiger partial charge in [0.15, 0.2) is 0 Å². The topological polar surface area (TPSA) is 24.9 Å². The van der Waals surface area contributed by atoms with Crippen LogP contribution in [0.25, 0.3) is 0 Å². The van der Waals surface area contributed by atoms with Crippen molar-refractivity contribution in [3.8, 4) is 0 Å². The van der Waals surface area contributed by atoms with Crippen molar-refractivity contribution in [2.45, 2.75) is 40.7 Å². The summed E-state index contributed by atoms with van der Waals surface area (Å²) < 4.78 is 0. The summed E-state index contributed by atoms with van der Waals surface area (Å²) in [7, 11) is 0. The lowest BCUT2D eigenvalue weighted by Crippen LogP contribution is -2.11. The molecule has 1 heterocycles. The number of hydrogen-bond acceptors (Lipinski definition) is 3. The highest BCUT2D eigenvalue weighted by atomic mass is 32.1. The second-order valence-corrected chi connectivity index (χ2v) is 6.16. The van der Waals surface area contributed by atoms with Gasteiger partial charge in [-0.1, -0.05) is 25.1 Å². The summed E-state index contributed by atoms with van der Waals surface area (Å²) in [4.78, 5) is 6.05. The maximum absolute atomic E-state index is 4.69. The van der Waals surface area contributed by atoms with Gasteiger partial charge in [0.05, 0.1) is 10.7 Å². The molecule has 1 aromatic heterocycles. The molecule has 1 N–H and O–H groups in total. The Morgan fingerprint density at radius 2 is 1.95 bits per heavy atom. The fourth-order valence-electron chi connectivity index (χ4n) is 2.05. The second-order valence-electron chi connectivity index (χ2n) is 4.99. The maximum atomic E-state index is 4.69. The number of aryl methyl sites for hydroxylation is 3. The zero-order chi connectivity index (χ0) is 13.8. The van der Waals surface area contributed by atoms with Crippen molar-refractivity contribution < 1.29 is 0 Å². The minimum atomic E-state index is 0.937. The van der Waals surface area contributed by atoms with Gasteiger partial charge in [0.25, 0.3) is 0 Å². The molecule has 0 spiro atoms. The average Bonchev–Trinajstić information content (AvgIpc) is 2.72. The number of thiazole rings is 1. The molecule has 2 aromatic rings. The summed E-state index contributed by atoms with van der Waals surface area (Å²) in [6, 6.07) is 6.68. The summed E-state index contributed by atoms with van der Waals surface area (Å²) in [5, 5.41) is 4.59. The van der Waals surface area contributed by atoms with Gasteiger partial charge in [-0.3, -0.25) is 0 Å². The number of benzene rings is 1. The molecule has 0 saturated carbocycles. The summed E-state index contributed by atoms with van der Waals surface area (Å²) in [5.74, 6) is 0. The molecule has 0 aliphatic carbocycles. The van der Waals surface area contributed by atoms with E-state index >= 15 is 0 Å². The smallest absolute Gasteiger partial charge is 0.0975 e. The molecule has 2 nitrogen and oxygen atoms in total. The molecule has 0 saturated heterocycles. The lowest BCUT2D eigenvalue weighted by Gasteiger charge is -2.03. The van der Waals surface area contributed by atoms with Gasteiger partial charge in [-0.05, 0) is 44.0 Å². The Kier molecular flexibility index (Phi) is 4.72. The number of aromatic nitrogens is 1. The zero-order valence-corrected chi connectivity index (χ0v) is 13.0. The van der Waals surface area contributed by atoms with Crippen LogP contribution in [0.2, 0.25) is 0 Å². The Morgan fingerprint density at radius 3 is 2.63 bits per heavy atom. The van der Waals surface area contributed by atoms with Gasteiger partial charge in [-0.15, -0.1) is 11.3 Å². The van der Waals surface area contributed by atoms with E-state index in [9.17, 15) is 0 Å². The lowest BCUT2D eigenvalue weighted by molar-refractivity contribution is 0.731. The van der Waals surface area contributed by atoms with Crippen LogP contribution in [0.1, 0.15) is 39.2 Å². The zero-order valence-electron chi connectivity index (χ0n) is 12.2. The van der Waals surface area contributed by atoms with Gasteiger partial charge >= 0.3 is 0 Å². The quantitative estimate of drug-likeness (QED) is 0.898. The predicted octanol–water partition coefficient (Wildman–Crippen LogP) is 3.77. The van der Waals surface area contributed by atoms with Crippen LogP contribution in [0, 0.1) is 20.8 Å². The fraction of sp³-hybridized carbons (Fsp3) is 0.438. The highest BCUT2D eigenvalue weighted by Crippen LogP contribution is 2.21. The second kappa shape index (κ2) is 6.31. The van der Waals surface area contributed by atoms with Crippen molar-refractivity contribution in [2.24, 2.45) is 0 Å². The highest BCUT2D eigenvalue weighted by molar-refractivity contribution is 7.11. The summed E-state index contributed by atoms with van der Waals surface area (Å²) >= 11 is 1.83. The van der Waals surface area contributed by atoms with Crippen molar-refractivity contribution in [2.75, 3.05) is 6.54 Å². The van der Waals surface area contributed by atoms with E-state index < -0.39 is 0 Å². The van der Waals surface area contributed by atoms with Crippen LogP contribution in [-0.4, -0.2) is 11.5 Å². The SMILES string of the molecule is CCNCc1sc(Cc2ccc(C)c(C)c2)nc1C. The lowest BCUT2D eigenvalue weighted by atomic mass is 10.0. The van der Waals surface area contributed by atoms with Crippen LogP contribution in [0.5, 0.6) is 0 Å². The Morgan fingerprint density at radius 1 is 1.16 bits per heavy atom. The van der Waals surface area contributed by atoms with Gasteiger partial charge in [0.1, 0.15) is 0 Å². The molecular formula is C16H22N2S. The Hall–Kier alpha value is -1.19. The van der Waals surface area contributed by atoms with Crippen molar-refractivity contribution >= 4 is 11.3 Å². The van der Waals surface area contributed by atoms with Crippen molar-refractivity contribution in [3.05, 3.63) is 50.5 Å². The molecule has 0 atom stereocenters. The predicted molar refractivity (Wildman–Crippen MR) is 83.0 cm³/mol. The standard InChI is InChI=1S/C16H22N2S/c1-5-17-10-15-13(4)18-16(19-15)9-14-7-6-11(2)12(3)8-14/h6-8,17H,5,9-10H2,1-4H3. The fourth-order valence-corrected chi connectivity index (χ4v) is 3.13. The Labute approximate surface area is 119 Å². The summed E-state index contributed by atoms with van der Waals surface area (Å²) in [5.41, 5.74) is 5.24. The van der Waals surface area contributed by atoms with Crippen LogP contribution < -0.4 is 5.32 Å². The van der Waals surface area contributed by atoms with Gasteiger partial charge in [0, 0.05) is 17.8 Å². The first-order valence-corrected chi connectivity index (χ1v) is 7.63. The molecule has 3 heteroatoms. The average molecular weight is 274 g/mol. The molecule has 0 aliphatic heterocycles. The summed E-state index contributed by atoms with van der Waals surface area (Å²) in [6.07, 6.45) is 0.943. The first kappa shape index (κ1) is 14.2. The van der Waals surface area contributed by atoms with E-state index in [1.807, 2.05) is 11.3 Å². The molecule has 0 aliphatic rings. The first-order valence-electron chi connectivity index (χ1n) is 6.82. The van der Waals surface area contributed by atoms with Gasteiger partial charge < -0.3 is 5.32 Å². The van der Waals surface area contributed by atoms with Crippen molar-refractivity contribution in [1.29, 1.82) is 0 Å². The van der Waals surface area contributed by atoms with Crippen molar-refractivity contribution in [3.63, 3.8) is 0 Å². The van der Waals surface area contributed by atoms with Crippen molar-refractivity contribution in [1.82, 2.24) is 10.3 Å². The van der Waals surface area contributed by atoms with Crippen LogP contribution in [0.15, 0.2) is 18.2 Å². The third-order valence-electron chi connectivity index (χ3n) is 3.40. The molecule has 0 amide bonds. The third-order valence-corrected chi connectivity index (χ3v) is 4.56. The van der Waals surface area contributed by atoms with Gasteiger partial charge in [0.2, 0.25) is 0 Å². The van der Waals surface area contributed by atoms with Crippen LogP contribution in [-0.2, 0) is 13.0 Å². The van der Waals surface area contributed by atoms with Gasteiger partial charge in [-0.2, -0.15) is 0 Å². The monoisotopic (exact) mass is 274 g/mol. The van der Waals surface area contributed by atoms with E-state index in [1.165, 1.54) is 32.3 Å². The molecule has 1 aromatic carbocycles. The third kappa shape index (κ3) is 3.64. The van der Waals surface area contributed by atoms with E-state index in [-0.39, 0.29) is 0 Å². The van der Waals surface area contributed by atoms with E-state index in [0.717, 1.165) is 19.5 Å². The van der Waals surface area contributed by atoms with Crippen LogP contribution >= 0.6 is 11.3 Å². The molecule has 0 radical (unpaired) electrons. The molecule has 0 unspecified atom stereocenters. The van der Waals surface area contributed by atoms with E-state index in [4.69, 9.17) is 0 Å². The molecule has 0 fully saturated rings. The first-order chi connectivity index (χ1) is 9.10. The van der Waals surface area contributed by atoms with Crippen LogP contribution in [0.4, 0.5) is 0 Å². The largest absolute Gasteiger partial charge is 0.312 e.